The highest BCUT2D eigenvalue weighted by atomic mass is 16.3. The van der Waals surface area contributed by atoms with Crippen LogP contribution in [-0.4, -0.2) is 54.8 Å². The zero-order valence-electron chi connectivity index (χ0n) is 19.4. The van der Waals surface area contributed by atoms with Gasteiger partial charge in [0.25, 0.3) is 0 Å². The fourth-order valence-electron chi connectivity index (χ4n) is 4.11. The first kappa shape index (κ1) is 24.1. The minimum absolute atomic E-state index is 0.0944. The Hall–Kier alpha value is -2.54. The molecule has 1 amide bonds. The molecular weight excluding hydrogens is 402 g/mol. The van der Waals surface area contributed by atoms with Crippen LogP contribution >= 0.6 is 0 Å². The number of aliphatic hydroxyl groups is 1. The number of carbonyl (C=O) groups excluding carboxylic acids is 1. The van der Waals surface area contributed by atoms with Crippen molar-refractivity contribution < 1.29 is 9.90 Å². The summed E-state index contributed by atoms with van der Waals surface area (Å²) in [5, 5.41) is 23.0. The van der Waals surface area contributed by atoms with E-state index in [-0.39, 0.29) is 18.0 Å². The molecule has 1 saturated heterocycles. The SMILES string of the molecule is CC(C)n1nnc(CCCCCCN2C(=O)CCC[C@@H]2/C=C/C(O)Cc2ccccc2)n1. The van der Waals surface area contributed by atoms with Gasteiger partial charge in [0.05, 0.1) is 18.2 Å². The maximum atomic E-state index is 12.5. The van der Waals surface area contributed by atoms with Gasteiger partial charge in [-0.3, -0.25) is 4.79 Å². The molecule has 1 N–H and O–H groups in total. The Morgan fingerprint density at radius 3 is 2.69 bits per heavy atom. The number of unbranched alkanes of at least 4 members (excludes halogenated alkanes) is 3. The summed E-state index contributed by atoms with van der Waals surface area (Å²) in [6.45, 7) is 4.87. The number of likely N-dealkylation sites (tertiary alicyclic amines) is 1. The van der Waals surface area contributed by atoms with Gasteiger partial charge in [-0.05, 0) is 50.3 Å². The standard InChI is InChI=1S/C25H37N5O2/c1-20(2)30-27-24(26-28-30)14-8-3-4-9-18-29-22(13-10-15-25(29)32)16-17-23(31)19-21-11-6-5-7-12-21/h5-7,11-12,16-17,20,22-23,31H,3-4,8-10,13-15,18-19H2,1-2H3/b17-16+/t22-,23?/m1/s1. The predicted octanol–water partition coefficient (Wildman–Crippen LogP) is 3.90. The van der Waals surface area contributed by atoms with E-state index in [4.69, 9.17) is 0 Å². The summed E-state index contributed by atoms with van der Waals surface area (Å²) in [4.78, 5) is 16.2. The summed E-state index contributed by atoms with van der Waals surface area (Å²) >= 11 is 0. The number of nitrogens with zero attached hydrogens (tertiary/aromatic N) is 5. The number of aromatic nitrogens is 4. The number of hydrogen-bond acceptors (Lipinski definition) is 5. The highest BCUT2D eigenvalue weighted by Crippen LogP contribution is 2.21. The van der Waals surface area contributed by atoms with Gasteiger partial charge in [0.15, 0.2) is 5.82 Å². The van der Waals surface area contributed by atoms with Gasteiger partial charge >= 0.3 is 0 Å². The number of benzene rings is 1. The average Bonchev–Trinajstić information content (AvgIpc) is 3.26. The minimum Gasteiger partial charge on any atom is -0.389 e. The largest absolute Gasteiger partial charge is 0.389 e. The molecule has 0 aliphatic carbocycles. The van der Waals surface area contributed by atoms with E-state index < -0.39 is 6.10 Å². The van der Waals surface area contributed by atoms with Gasteiger partial charge in [0, 0.05) is 25.8 Å². The summed E-state index contributed by atoms with van der Waals surface area (Å²) in [5.41, 5.74) is 1.11. The van der Waals surface area contributed by atoms with E-state index in [2.05, 4.69) is 15.4 Å². The van der Waals surface area contributed by atoms with Crippen LogP contribution < -0.4 is 0 Å². The number of piperidine rings is 1. The molecule has 2 atom stereocenters. The monoisotopic (exact) mass is 439 g/mol. The van der Waals surface area contributed by atoms with Gasteiger partial charge in [-0.1, -0.05) is 55.3 Å². The van der Waals surface area contributed by atoms with Gasteiger partial charge in [0.1, 0.15) is 0 Å². The number of tetrazole rings is 1. The molecule has 0 bridgehead atoms. The number of aryl methyl sites for hydroxylation is 1. The van der Waals surface area contributed by atoms with E-state index in [0.29, 0.717) is 12.8 Å². The fourth-order valence-corrected chi connectivity index (χ4v) is 4.11. The van der Waals surface area contributed by atoms with Crippen LogP contribution in [0.25, 0.3) is 0 Å². The van der Waals surface area contributed by atoms with Crippen molar-refractivity contribution in [2.45, 2.75) is 89.8 Å². The molecule has 3 rings (SSSR count). The second-order valence-corrected chi connectivity index (χ2v) is 8.97. The number of rotatable bonds is 12. The fraction of sp³-hybridized carbons (Fsp3) is 0.600. The average molecular weight is 440 g/mol. The molecule has 0 radical (unpaired) electrons. The van der Waals surface area contributed by atoms with Gasteiger partial charge in [0.2, 0.25) is 5.91 Å². The minimum atomic E-state index is -0.529. The van der Waals surface area contributed by atoms with Crippen LogP contribution in [0.1, 0.15) is 76.2 Å². The lowest BCUT2D eigenvalue weighted by atomic mass is 9.99. The Morgan fingerprint density at radius 1 is 1.16 bits per heavy atom. The van der Waals surface area contributed by atoms with E-state index in [0.717, 1.165) is 62.9 Å². The Morgan fingerprint density at radius 2 is 1.94 bits per heavy atom. The molecule has 1 aromatic heterocycles. The molecule has 1 aliphatic rings. The normalized spacial score (nSPS) is 18.1. The highest BCUT2D eigenvalue weighted by Gasteiger charge is 2.25. The van der Waals surface area contributed by atoms with Crippen LogP contribution in [0.5, 0.6) is 0 Å². The summed E-state index contributed by atoms with van der Waals surface area (Å²) < 4.78 is 0. The lowest BCUT2D eigenvalue weighted by Crippen LogP contribution is -2.43. The molecule has 0 spiro atoms. The first-order valence-electron chi connectivity index (χ1n) is 12.0. The zero-order chi connectivity index (χ0) is 22.8. The van der Waals surface area contributed by atoms with Gasteiger partial charge in [-0.15, -0.1) is 10.2 Å². The third-order valence-corrected chi connectivity index (χ3v) is 5.94. The third-order valence-electron chi connectivity index (χ3n) is 5.94. The molecule has 7 nitrogen and oxygen atoms in total. The van der Waals surface area contributed by atoms with E-state index in [1.165, 1.54) is 0 Å². The van der Waals surface area contributed by atoms with E-state index in [1.54, 1.807) is 4.80 Å². The van der Waals surface area contributed by atoms with Crippen molar-refractivity contribution in [2.75, 3.05) is 6.54 Å². The topological polar surface area (TPSA) is 84.1 Å². The molecule has 174 valence electrons. The summed E-state index contributed by atoms with van der Waals surface area (Å²) in [7, 11) is 0. The van der Waals surface area contributed by atoms with Crippen molar-refractivity contribution in [1.29, 1.82) is 0 Å². The van der Waals surface area contributed by atoms with Crippen LogP contribution in [-0.2, 0) is 17.6 Å². The molecule has 2 heterocycles. The smallest absolute Gasteiger partial charge is 0.223 e. The van der Waals surface area contributed by atoms with Crippen molar-refractivity contribution in [3.05, 3.63) is 53.9 Å². The maximum absolute atomic E-state index is 12.5. The Balaban J connectivity index is 1.39. The van der Waals surface area contributed by atoms with Gasteiger partial charge in [-0.2, -0.15) is 4.80 Å². The van der Waals surface area contributed by atoms with Crippen molar-refractivity contribution >= 4 is 5.91 Å². The first-order chi connectivity index (χ1) is 15.5. The lowest BCUT2D eigenvalue weighted by Gasteiger charge is -2.34. The Labute approximate surface area is 191 Å². The quantitative estimate of drug-likeness (QED) is 0.401. The summed E-state index contributed by atoms with van der Waals surface area (Å²) in [6, 6.07) is 10.3. The molecular formula is C25H37N5O2. The number of hydrogen-bond donors (Lipinski definition) is 1. The summed E-state index contributed by atoms with van der Waals surface area (Å²) in [6.07, 6.45) is 11.5. The number of amides is 1. The van der Waals surface area contributed by atoms with Crippen molar-refractivity contribution in [2.24, 2.45) is 0 Å². The van der Waals surface area contributed by atoms with Gasteiger partial charge in [-0.25, -0.2) is 0 Å². The molecule has 32 heavy (non-hydrogen) atoms. The molecule has 7 heteroatoms. The number of carbonyl (C=O) groups is 1. The zero-order valence-corrected chi connectivity index (χ0v) is 19.4. The van der Waals surface area contributed by atoms with Crippen LogP contribution in [0, 0.1) is 0 Å². The van der Waals surface area contributed by atoms with Crippen LogP contribution in [0.3, 0.4) is 0 Å². The second-order valence-electron chi connectivity index (χ2n) is 8.97. The Kier molecular flexibility index (Phi) is 9.41. The van der Waals surface area contributed by atoms with Crippen molar-refractivity contribution in [3.8, 4) is 0 Å². The van der Waals surface area contributed by atoms with Crippen LogP contribution in [0.2, 0.25) is 0 Å². The summed E-state index contributed by atoms with van der Waals surface area (Å²) in [5.74, 6) is 1.04. The Bertz CT molecular complexity index is 849. The molecule has 1 unspecified atom stereocenters. The predicted molar refractivity (Wildman–Crippen MR) is 125 cm³/mol. The molecule has 1 aliphatic heterocycles. The highest BCUT2D eigenvalue weighted by molar-refractivity contribution is 5.77. The van der Waals surface area contributed by atoms with E-state index in [9.17, 15) is 9.90 Å². The second kappa shape index (κ2) is 12.5. The van der Waals surface area contributed by atoms with Crippen molar-refractivity contribution in [3.63, 3.8) is 0 Å². The van der Waals surface area contributed by atoms with Crippen LogP contribution in [0.4, 0.5) is 0 Å². The number of aliphatic hydroxyl groups excluding tert-OH is 1. The van der Waals surface area contributed by atoms with Gasteiger partial charge < -0.3 is 10.0 Å². The molecule has 1 aromatic carbocycles. The third kappa shape index (κ3) is 7.55. The molecule has 1 fully saturated rings. The van der Waals surface area contributed by atoms with E-state index >= 15 is 0 Å². The van der Waals surface area contributed by atoms with Crippen molar-refractivity contribution in [1.82, 2.24) is 25.1 Å². The van der Waals surface area contributed by atoms with E-state index in [1.807, 2.05) is 61.2 Å². The molecule has 2 aromatic rings. The maximum Gasteiger partial charge on any atom is 0.223 e. The molecule has 0 saturated carbocycles. The van der Waals surface area contributed by atoms with Crippen LogP contribution in [0.15, 0.2) is 42.5 Å². The first-order valence-corrected chi connectivity index (χ1v) is 12.0. The lowest BCUT2D eigenvalue weighted by molar-refractivity contribution is -0.135.